The summed E-state index contributed by atoms with van der Waals surface area (Å²) in [5.41, 5.74) is -0.380. The van der Waals surface area contributed by atoms with Crippen LogP contribution >= 0.6 is 0 Å². The molecule has 0 aromatic heterocycles. The topological polar surface area (TPSA) is 74.6 Å². The molecule has 0 aliphatic carbocycles. The van der Waals surface area contributed by atoms with Crippen molar-refractivity contribution in [2.24, 2.45) is 0 Å². The minimum absolute atomic E-state index is 0. The van der Waals surface area contributed by atoms with E-state index in [2.05, 4.69) is 0 Å². The standard InChI is InChI=1S/C8H6O4.Ba/c9-7(10)5-3-1-2-4-6(5)8(11)12;/h1-4H,(H,9,10)(H,11,12);. The first-order valence-corrected chi connectivity index (χ1v) is 3.18. The third-order valence-electron chi connectivity index (χ3n) is 1.39. The second-order valence-electron chi connectivity index (χ2n) is 2.16. The van der Waals surface area contributed by atoms with E-state index in [1.165, 1.54) is 24.3 Å². The Morgan fingerprint density at radius 1 is 0.923 bits per heavy atom. The Morgan fingerprint density at radius 3 is 1.46 bits per heavy atom. The van der Waals surface area contributed by atoms with Gasteiger partial charge in [0.15, 0.2) is 0 Å². The molecule has 0 unspecified atom stereocenters. The Balaban J connectivity index is 0.00000144. The van der Waals surface area contributed by atoms with Gasteiger partial charge < -0.3 is 10.2 Å². The van der Waals surface area contributed by atoms with Gasteiger partial charge in [0.2, 0.25) is 0 Å². The van der Waals surface area contributed by atoms with Gasteiger partial charge in [-0.1, -0.05) is 12.1 Å². The summed E-state index contributed by atoms with van der Waals surface area (Å²) in [5, 5.41) is 17.1. The van der Waals surface area contributed by atoms with Crippen LogP contribution in [0.15, 0.2) is 24.3 Å². The van der Waals surface area contributed by atoms with Crippen LogP contribution in [0.4, 0.5) is 0 Å². The zero-order valence-electron chi connectivity index (χ0n) is 6.73. The fourth-order valence-electron chi connectivity index (χ4n) is 0.856. The molecule has 0 fully saturated rings. The van der Waals surface area contributed by atoms with E-state index in [1.807, 2.05) is 0 Å². The summed E-state index contributed by atoms with van der Waals surface area (Å²) in [6.07, 6.45) is 0. The Hall–Kier alpha value is -0.269. The van der Waals surface area contributed by atoms with E-state index in [-0.39, 0.29) is 60.0 Å². The number of carboxylic acids is 2. The van der Waals surface area contributed by atoms with Crippen LogP contribution in [0.1, 0.15) is 20.7 Å². The van der Waals surface area contributed by atoms with E-state index < -0.39 is 11.9 Å². The fourth-order valence-corrected chi connectivity index (χ4v) is 0.856. The molecule has 0 spiro atoms. The summed E-state index contributed by atoms with van der Waals surface area (Å²) >= 11 is 0. The van der Waals surface area contributed by atoms with Gasteiger partial charge >= 0.3 is 11.9 Å². The molecule has 13 heavy (non-hydrogen) atoms. The first kappa shape index (κ1) is 12.7. The molecule has 0 aliphatic rings. The molecule has 4 nitrogen and oxygen atoms in total. The monoisotopic (exact) mass is 304 g/mol. The van der Waals surface area contributed by atoms with E-state index in [1.54, 1.807) is 0 Å². The number of hydrogen-bond donors (Lipinski definition) is 2. The molecule has 0 bridgehead atoms. The quantitative estimate of drug-likeness (QED) is 0.789. The molecule has 5 heteroatoms. The van der Waals surface area contributed by atoms with Crippen molar-refractivity contribution in [2.75, 3.05) is 0 Å². The van der Waals surface area contributed by atoms with Crippen LogP contribution in [0.5, 0.6) is 0 Å². The fraction of sp³-hybridized carbons (Fsp3) is 0. The van der Waals surface area contributed by atoms with Gasteiger partial charge in [0.25, 0.3) is 0 Å². The number of carboxylic acid groups (broad SMARTS) is 2. The summed E-state index contributed by atoms with van der Waals surface area (Å²) in [6.45, 7) is 0. The van der Waals surface area contributed by atoms with Gasteiger partial charge in [-0.2, -0.15) is 0 Å². The van der Waals surface area contributed by atoms with Crippen molar-refractivity contribution in [1.82, 2.24) is 0 Å². The summed E-state index contributed by atoms with van der Waals surface area (Å²) in [5.74, 6) is -2.46. The van der Waals surface area contributed by atoms with Gasteiger partial charge in [0.1, 0.15) is 0 Å². The number of benzene rings is 1. The first-order chi connectivity index (χ1) is 5.63. The van der Waals surface area contributed by atoms with Crippen molar-refractivity contribution in [3.63, 3.8) is 0 Å². The van der Waals surface area contributed by atoms with E-state index in [0.717, 1.165) is 0 Å². The number of aromatic carboxylic acids is 2. The second-order valence-corrected chi connectivity index (χ2v) is 2.16. The van der Waals surface area contributed by atoms with E-state index in [9.17, 15) is 9.59 Å². The Labute approximate surface area is 115 Å². The predicted octanol–water partition coefficient (Wildman–Crippen LogP) is 0.702. The SMILES string of the molecule is O=C(O)c1ccccc1C(=O)O.[Ba]. The van der Waals surface area contributed by atoms with E-state index in [0.29, 0.717) is 0 Å². The first-order valence-electron chi connectivity index (χ1n) is 3.18. The normalized spacial score (nSPS) is 8.62. The van der Waals surface area contributed by atoms with Crippen molar-refractivity contribution in [3.8, 4) is 0 Å². The van der Waals surface area contributed by atoms with Crippen molar-refractivity contribution >= 4 is 60.8 Å². The molecular formula is C8H6BaO4. The number of rotatable bonds is 2. The van der Waals surface area contributed by atoms with Gasteiger partial charge in [0.05, 0.1) is 11.1 Å². The largest absolute Gasteiger partial charge is 0.478 e. The summed E-state index contributed by atoms with van der Waals surface area (Å²) in [7, 11) is 0. The van der Waals surface area contributed by atoms with Gasteiger partial charge in [-0.15, -0.1) is 0 Å². The number of hydrogen-bond acceptors (Lipinski definition) is 2. The van der Waals surface area contributed by atoms with Gasteiger partial charge in [-0.25, -0.2) is 9.59 Å². The second kappa shape index (κ2) is 5.46. The molecule has 0 heterocycles. The minimum atomic E-state index is -1.23. The van der Waals surface area contributed by atoms with Crippen LogP contribution in [0, 0.1) is 0 Å². The molecule has 1 aromatic carbocycles. The Morgan fingerprint density at radius 2 is 1.23 bits per heavy atom. The zero-order valence-corrected chi connectivity index (χ0v) is 11.2. The molecule has 2 radical (unpaired) electrons. The van der Waals surface area contributed by atoms with Crippen LogP contribution in [0.3, 0.4) is 0 Å². The average molecular weight is 303 g/mol. The van der Waals surface area contributed by atoms with E-state index in [4.69, 9.17) is 10.2 Å². The van der Waals surface area contributed by atoms with Crippen LogP contribution in [-0.2, 0) is 0 Å². The third-order valence-corrected chi connectivity index (χ3v) is 1.39. The molecule has 0 aliphatic heterocycles. The van der Waals surface area contributed by atoms with Crippen LogP contribution in [0.2, 0.25) is 0 Å². The molecule has 2 N–H and O–H groups in total. The molecule has 0 saturated carbocycles. The Bertz CT molecular complexity index is 302. The molecule has 0 amide bonds. The maximum absolute atomic E-state index is 10.5. The predicted molar refractivity (Wildman–Crippen MR) is 46.1 cm³/mol. The molecule has 1 rings (SSSR count). The molecule has 0 saturated heterocycles. The smallest absolute Gasteiger partial charge is 0.336 e. The van der Waals surface area contributed by atoms with Crippen LogP contribution < -0.4 is 0 Å². The van der Waals surface area contributed by atoms with Crippen LogP contribution in [0.25, 0.3) is 0 Å². The van der Waals surface area contributed by atoms with Gasteiger partial charge in [-0.3, -0.25) is 0 Å². The van der Waals surface area contributed by atoms with Crippen molar-refractivity contribution in [1.29, 1.82) is 0 Å². The summed E-state index contributed by atoms with van der Waals surface area (Å²) in [4.78, 5) is 20.9. The molecule has 0 atom stereocenters. The summed E-state index contributed by atoms with van der Waals surface area (Å²) in [6, 6.07) is 5.48. The molecule has 64 valence electrons. The Kier molecular flexibility index (Phi) is 5.35. The maximum Gasteiger partial charge on any atom is 0.336 e. The van der Waals surface area contributed by atoms with Gasteiger partial charge in [-0.05, 0) is 12.1 Å². The minimum Gasteiger partial charge on any atom is -0.478 e. The van der Waals surface area contributed by atoms with Gasteiger partial charge in [0, 0.05) is 48.9 Å². The van der Waals surface area contributed by atoms with E-state index >= 15 is 0 Å². The zero-order chi connectivity index (χ0) is 9.14. The van der Waals surface area contributed by atoms with Crippen molar-refractivity contribution in [2.45, 2.75) is 0 Å². The molecular weight excluding hydrogens is 297 g/mol. The number of carbonyl (C=O) groups is 2. The van der Waals surface area contributed by atoms with Crippen molar-refractivity contribution < 1.29 is 19.8 Å². The van der Waals surface area contributed by atoms with Crippen molar-refractivity contribution in [3.05, 3.63) is 35.4 Å². The maximum atomic E-state index is 10.5. The average Bonchev–Trinajstić information content (AvgIpc) is 2.04. The summed E-state index contributed by atoms with van der Waals surface area (Å²) < 4.78 is 0. The molecule has 1 aromatic rings. The third kappa shape index (κ3) is 3.17. The van der Waals surface area contributed by atoms with Crippen LogP contribution in [-0.4, -0.2) is 71.0 Å².